The van der Waals surface area contributed by atoms with E-state index in [0.717, 1.165) is 142 Å². The molecule has 2 aliphatic carbocycles. The van der Waals surface area contributed by atoms with Crippen molar-refractivity contribution in [1.29, 1.82) is 0 Å². The summed E-state index contributed by atoms with van der Waals surface area (Å²) in [6.45, 7) is 1.98. The van der Waals surface area contributed by atoms with Gasteiger partial charge in [0.15, 0.2) is 0 Å². The van der Waals surface area contributed by atoms with Crippen LogP contribution in [0.15, 0.2) is 207 Å². The highest BCUT2D eigenvalue weighted by Gasteiger charge is 2.26. The number of nitrogens with one attached hydrogen (secondary N) is 3. The molecule has 0 unspecified atom stereocenters. The molecule has 6 aromatic heterocycles. The minimum atomic E-state index is -0.249. The number of pyridine rings is 3. The maximum atomic E-state index is 13.5. The Kier molecular flexibility index (Phi) is 18.7. The molecule has 1 aliphatic heterocycles. The lowest BCUT2D eigenvalue weighted by Crippen LogP contribution is -2.29. The summed E-state index contributed by atoms with van der Waals surface area (Å²) in [6.07, 6.45) is 25.4. The van der Waals surface area contributed by atoms with Gasteiger partial charge in [-0.3, -0.25) is 0 Å². The van der Waals surface area contributed by atoms with E-state index in [1.165, 1.54) is 74.9 Å². The van der Waals surface area contributed by atoms with E-state index in [1.807, 2.05) is 116 Å². The highest BCUT2D eigenvalue weighted by atomic mass is 35.5. The van der Waals surface area contributed by atoms with E-state index in [0.29, 0.717) is 23.3 Å². The van der Waals surface area contributed by atoms with Crippen LogP contribution in [-0.2, 0) is 0 Å². The first-order chi connectivity index (χ1) is 42.8. The number of rotatable bonds is 13. The molecule has 1 saturated heterocycles. The standard InChI is InChI=1S/C26H25FN4.C25H24FN5.C20H19ClFN3/c27-21-13-11-19(12-14-21)25-26(31(18-29-25)23-9-5-2-6-10-23)20-15-16-28-24(17-20)30-22-7-3-1-4-8-22;26-20-8-6-18(7-9-20)24-25(31(17-29-24)22-11-13-27-14-12-22)19-10-15-28-23(16-19)30-21-4-2-1-3-5-21;21-18-12-15(10-11-23-18)20-19(14-6-8-16(22)9-7-14)24-13-25(20)17-4-2-1-3-5-17/h1,3-4,7-8,11-18,23H,2,5-6,9-10H2,(H,28,30);1-10,15-17,22,27H,11-14H2,(H,28,30);6-13,17H,1-5H2. The van der Waals surface area contributed by atoms with Crippen LogP contribution in [0.5, 0.6) is 0 Å². The molecule has 0 bridgehead atoms. The zero-order valence-corrected chi connectivity index (χ0v) is 49.1. The summed E-state index contributed by atoms with van der Waals surface area (Å²) >= 11 is 6.13. The summed E-state index contributed by atoms with van der Waals surface area (Å²) in [5.74, 6) is 0.817. The van der Waals surface area contributed by atoms with Crippen molar-refractivity contribution in [2.45, 2.75) is 95.2 Å². The fourth-order valence-electron chi connectivity index (χ4n) is 12.2. The maximum absolute atomic E-state index is 13.5. The molecular formula is C71H68ClF3N12. The Morgan fingerprint density at radius 3 is 1.08 bits per heavy atom. The zero-order chi connectivity index (χ0) is 59.3. The number of imidazole rings is 3. The van der Waals surface area contributed by atoms with Crippen molar-refractivity contribution in [1.82, 2.24) is 48.9 Å². The van der Waals surface area contributed by atoms with Gasteiger partial charge in [0.05, 0.1) is 53.1 Å². The number of hydrogen-bond donors (Lipinski definition) is 3. The second-order valence-corrected chi connectivity index (χ2v) is 22.7. The SMILES string of the molecule is Fc1ccc(-c2ncn(C3CCCCC3)c2-c2ccnc(Cl)c2)cc1.Fc1ccc(-c2ncn(C3CCCCC3)c2-c2ccnc(Nc3ccccc3)c2)cc1.Fc1ccc(-c2ncn(C3CCNCC3)c2-c2ccnc(Nc3ccccc3)c2)cc1. The number of anilines is 4. The Morgan fingerprint density at radius 2 is 0.713 bits per heavy atom. The van der Waals surface area contributed by atoms with Gasteiger partial charge in [0.1, 0.15) is 34.2 Å². The summed E-state index contributed by atoms with van der Waals surface area (Å²) in [6, 6.07) is 52.9. The van der Waals surface area contributed by atoms with Gasteiger partial charge in [0.2, 0.25) is 0 Å². The minimum Gasteiger partial charge on any atom is -0.340 e. The molecule has 3 N–H and O–H groups in total. The van der Waals surface area contributed by atoms with Gasteiger partial charge >= 0.3 is 0 Å². The van der Waals surface area contributed by atoms with Crippen LogP contribution in [0.4, 0.5) is 36.2 Å². The molecule has 11 aromatic rings. The Balaban J connectivity index is 0.000000128. The van der Waals surface area contributed by atoms with Crippen LogP contribution >= 0.6 is 11.6 Å². The summed E-state index contributed by atoms with van der Waals surface area (Å²) in [7, 11) is 0. The molecular weight excluding hydrogens is 1110 g/mol. The largest absolute Gasteiger partial charge is 0.340 e. The van der Waals surface area contributed by atoms with Crippen molar-refractivity contribution < 1.29 is 13.2 Å². The third-order valence-electron chi connectivity index (χ3n) is 16.5. The van der Waals surface area contributed by atoms with Crippen LogP contribution in [0.25, 0.3) is 67.5 Å². The molecule has 0 atom stereocenters. The van der Waals surface area contributed by atoms with Crippen LogP contribution < -0.4 is 16.0 Å². The molecule has 3 fully saturated rings. The van der Waals surface area contributed by atoms with E-state index in [2.05, 4.69) is 61.7 Å². The van der Waals surface area contributed by atoms with Crippen molar-refractivity contribution in [2.24, 2.45) is 0 Å². The molecule has 12 nitrogen and oxygen atoms in total. The number of aromatic nitrogens is 9. The Bertz CT molecular complexity index is 3800. The predicted octanol–water partition coefficient (Wildman–Crippen LogP) is 18.3. The molecule has 440 valence electrons. The van der Waals surface area contributed by atoms with Gasteiger partial charge in [-0.2, -0.15) is 0 Å². The van der Waals surface area contributed by atoms with Gasteiger partial charge in [-0.05, 0) is 185 Å². The highest BCUT2D eigenvalue weighted by Crippen LogP contribution is 2.41. The number of hydrogen-bond acceptors (Lipinski definition) is 9. The molecule has 7 heterocycles. The first kappa shape index (κ1) is 58.2. The first-order valence-electron chi connectivity index (χ1n) is 30.2. The van der Waals surface area contributed by atoms with Gasteiger partial charge < -0.3 is 29.7 Å². The zero-order valence-electron chi connectivity index (χ0n) is 48.3. The smallest absolute Gasteiger partial charge is 0.130 e. The predicted molar refractivity (Wildman–Crippen MR) is 342 cm³/mol. The van der Waals surface area contributed by atoms with Crippen LogP contribution in [-0.4, -0.2) is 56.7 Å². The van der Waals surface area contributed by atoms with Crippen molar-refractivity contribution in [3.05, 3.63) is 230 Å². The van der Waals surface area contributed by atoms with Gasteiger partial charge in [0.25, 0.3) is 0 Å². The number of piperidine rings is 1. The van der Waals surface area contributed by atoms with Gasteiger partial charge in [-0.25, -0.2) is 43.1 Å². The Labute approximate surface area is 510 Å². The van der Waals surface area contributed by atoms with Gasteiger partial charge in [0, 0.05) is 81.5 Å². The van der Waals surface area contributed by atoms with Crippen LogP contribution in [0.2, 0.25) is 5.15 Å². The van der Waals surface area contributed by atoms with Crippen molar-refractivity contribution in [2.75, 3.05) is 23.7 Å². The van der Waals surface area contributed by atoms with Gasteiger partial charge in [-0.15, -0.1) is 0 Å². The fourth-order valence-corrected chi connectivity index (χ4v) is 12.4. The first-order valence-corrected chi connectivity index (χ1v) is 30.5. The lowest BCUT2D eigenvalue weighted by Gasteiger charge is -2.26. The van der Waals surface area contributed by atoms with Gasteiger partial charge in [-0.1, -0.05) is 86.5 Å². The summed E-state index contributed by atoms with van der Waals surface area (Å²) in [5, 5.41) is 10.6. The van der Waals surface area contributed by atoms with E-state index >= 15 is 0 Å². The Hall–Kier alpha value is -9.18. The number of halogens is 4. The fraction of sp³-hybridized carbons (Fsp3) is 0.239. The molecule has 16 heteroatoms. The second kappa shape index (κ2) is 27.9. The summed E-state index contributed by atoms with van der Waals surface area (Å²) in [4.78, 5) is 27.3. The molecule has 0 radical (unpaired) electrons. The average Bonchev–Trinajstić information content (AvgIpc) is 2.24. The molecule has 2 saturated carbocycles. The second-order valence-electron chi connectivity index (χ2n) is 22.3. The average molecular weight is 1180 g/mol. The van der Waals surface area contributed by atoms with Crippen LogP contribution in [0, 0.1) is 17.5 Å². The van der Waals surface area contributed by atoms with Crippen LogP contribution in [0.3, 0.4) is 0 Å². The quantitative estimate of drug-likeness (QED) is 0.0967. The number of nitrogens with zero attached hydrogens (tertiary/aromatic N) is 9. The molecule has 87 heavy (non-hydrogen) atoms. The third-order valence-corrected chi connectivity index (χ3v) is 16.7. The molecule has 3 aliphatic rings. The van der Waals surface area contributed by atoms with E-state index in [1.54, 1.807) is 42.6 Å². The lowest BCUT2D eigenvalue weighted by atomic mass is 9.94. The van der Waals surface area contributed by atoms with Crippen molar-refractivity contribution in [3.63, 3.8) is 0 Å². The van der Waals surface area contributed by atoms with E-state index in [4.69, 9.17) is 21.6 Å². The summed E-state index contributed by atoms with van der Waals surface area (Å²) in [5.41, 5.74) is 13.5. The summed E-state index contributed by atoms with van der Waals surface area (Å²) < 4.78 is 47.3. The molecule has 0 amide bonds. The number of benzene rings is 5. The third kappa shape index (κ3) is 14.2. The van der Waals surface area contributed by atoms with Crippen LogP contribution in [0.1, 0.15) is 95.2 Å². The Morgan fingerprint density at radius 1 is 0.368 bits per heavy atom. The lowest BCUT2D eigenvalue weighted by molar-refractivity contribution is 0.355. The normalized spacial score (nSPS) is 14.8. The monoisotopic (exact) mass is 1180 g/mol. The highest BCUT2D eigenvalue weighted by molar-refractivity contribution is 6.29. The van der Waals surface area contributed by atoms with E-state index < -0.39 is 0 Å². The number of para-hydroxylation sites is 2. The molecule has 0 spiro atoms. The molecule has 5 aromatic carbocycles. The van der Waals surface area contributed by atoms with E-state index in [9.17, 15) is 13.2 Å². The maximum Gasteiger partial charge on any atom is 0.130 e. The topological polar surface area (TPSA) is 128 Å². The minimum absolute atomic E-state index is 0.240. The van der Waals surface area contributed by atoms with E-state index in [-0.39, 0.29) is 17.5 Å². The van der Waals surface area contributed by atoms with Crippen molar-refractivity contribution in [3.8, 4) is 67.5 Å². The van der Waals surface area contributed by atoms with Crippen molar-refractivity contribution >= 4 is 34.6 Å². The molecule has 14 rings (SSSR count).